The van der Waals surface area contributed by atoms with Gasteiger partial charge in [-0.05, 0) is 83.4 Å². The quantitative estimate of drug-likeness (QED) is 0.0614. The zero-order valence-corrected chi connectivity index (χ0v) is 44.3. The first-order chi connectivity index (χ1) is 28.2. The van der Waals surface area contributed by atoms with Gasteiger partial charge in [0.05, 0.1) is 24.9 Å². The van der Waals surface area contributed by atoms with Gasteiger partial charge in [-0.1, -0.05) is 142 Å². The molecule has 9 nitrogen and oxygen atoms in total. The molecule has 12 heteroatoms. The molecule has 1 heterocycles. The Balaban J connectivity index is 1.91. The fourth-order valence-electron chi connectivity index (χ4n) is 7.68. The highest BCUT2D eigenvalue weighted by Gasteiger charge is 2.51. The van der Waals surface area contributed by atoms with E-state index in [9.17, 15) is 4.79 Å². The van der Waals surface area contributed by atoms with Gasteiger partial charge in [-0.15, -0.1) is 0 Å². The Morgan fingerprint density at radius 2 is 1.28 bits per heavy atom. The van der Waals surface area contributed by atoms with Crippen LogP contribution in [0, 0.1) is 11.8 Å². The predicted molar refractivity (Wildman–Crippen MR) is 257 cm³/mol. The van der Waals surface area contributed by atoms with Gasteiger partial charge in [-0.3, -0.25) is 4.79 Å². The van der Waals surface area contributed by atoms with E-state index < -0.39 is 43.3 Å². The largest absolute Gasteiger partial charge is 0.414 e. The number of carbonyl (C=O) groups excluding carboxylic acids is 1. The lowest BCUT2D eigenvalue weighted by Crippen LogP contribution is -2.66. The number of hydrogen-bond donors (Lipinski definition) is 0. The summed E-state index contributed by atoms with van der Waals surface area (Å²) in [7, 11) is -3.87. The number of hydrogen-bond acceptors (Lipinski definition) is 9. The maximum Gasteiger partial charge on any atom is 0.261 e. The molecule has 0 spiro atoms. The first-order valence-corrected chi connectivity index (χ1v) is 30.1. The predicted octanol–water partition coefficient (Wildman–Crippen LogP) is 10.3. The summed E-state index contributed by atoms with van der Waals surface area (Å²) in [5.41, 5.74) is 0.892. The SMILES string of the molecule is COCO[C@H]([C@H](OCOC)C(=O)/C=C(\C)[C@@H](C)[C@H](CO[Si](C)(C)C(C)(C)C)O[Si](C)(C)C(C)(C)C)[C@H]1C[C@@H](C)[C@H](CCO[Si](c2ccccc2)(c2ccccc2)C(C)(C)C)O1. The Kier molecular flexibility index (Phi) is 19.6. The molecule has 1 aliphatic heterocycles. The maximum absolute atomic E-state index is 14.5. The lowest BCUT2D eigenvalue weighted by molar-refractivity contribution is -0.192. The molecule has 61 heavy (non-hydrogen) atoms. The van der Waals surface area contributed by atoms with Crippen LogP contribution in [0.4, 0.5) is 0 Å². The van der Waals surface area contributed by atoms with Gasteiger partial charge in [0.1, 0.15) is 19.7 Å². The third-order valence-electron chi connectivity index (χ3n) is 13.7. The van der Waals surface area contributed by atoms with Crippen molar-refractivity contribution in [2.45, 2.75) is 168 Å². The number of ketones is 1. The first kappa shape index (κ1) is 53.5. The third kappa shape index (κ3) is 13.8. The molecule has 1 aliphatic rings. The van der Waals surface area contributed by atoms with E-state index >= 15 is 0 Å². The van der Waals surface area contributed by atoms with Crippen molar-refractivity contribution in [3.63, 3.8) is 0 Å². The summed E-state index contributed by atoms with van der Waals surface area (Å²) in [5.74, 6) is -0.133. The topological polar surface area (TPSA) is 90.9 Å². The zero-order valence-electron chi connectivity index (χ0n) is 41.3. The second kappa shape index (κ2) is 22.4. The Bertz CT molecular complexity index is 1610. The molecule has 0 N–H and O–H groups in total. The Labute approximate surface area is 374 Å². The van der Waals surface area contributed by atoms with Gasteiger partial charge in [0.15, 0.2) is 28.5 Å². The number of ether oxygens (including phenoxy) is 5. The molecular formula is C49H84O9Si3. The van der Waals surface area contributed by atoms with Crippen LogP contribution >= 0.6 is 0 Å². The van der Waals surface area contributed by atoms with Gasteiger partial charge in [0.2, 0.25) is 0 Å². The van der Waals surface area contributed by atoms with Crippen LogP contribution < -0.4 is 10.4 Å². The Morgan fingerprint density at radius 3 is 1.75 bits per heavy atom. The van der Waals surface area contributed by atoms with Crippen LogP contribution in [0.15, 0.2) is 72.3 Å². The van der Waals surface area contributed by atoms with E-state index in [1.165, 1.54) is 10.4 Å². The van der Waals surface area contributed by atoms with E-state index in [0.29, 0.717) is 26.1 Å². The van der Waals surface area contributed by atoms with Crippen LogP contribution in [0.5, 0.6) is 0 Å². The standard InChI is InChI=1S/C49H84O9Si3/c1-36(38(3)44(58-60(17,18)48(7,8)9)33-56-59(15,16)47(4,5)6)31-41(50)45(53-34-51-13)46(54-35-52-14)43-32-37(2)42(57-43)29-30-55-61(49(10,11)12,39-25-21-19-22-26-39)40-27-23-20-24-28-40/h19-28,31,37-38,42-46H,29-30,32-35H2,1-18H3/b36-31+/t37-,38-,42+,43-,44+,45-,46+/m1/s1. The number of rotatable bonds is 23. The normalized spacial score (nSPS) is 20.7. The molecule has 0 unspecified atom stereocenters. The zero-order chi connectivity index (χ0) is 46.0. The first-order valence-electron chi connectivity index (χ1n) is 22.4. The molecule has 0 bridgehead atoms. The minimum absolute atomic E-state index is 0.00419. The number of carbonyl (C=O) groups is 1. The van der Waals surface area contributed by atoms with Crippen LogP contribution in [0.1, 0.15) is 95.9 Å². The number of benzene rings is 2. The highest BCUT2D eigenvalue weighted by Crippen LogP contribution is 2.42. The van der Waals surface area contributed by atoms with Gasteiger partial charge < -0.3 is 37.0 Å². The van der Waals surface area contributed by atoms with Crippen LogP contribution in [-0.2, 0) is 41.8 Å². The van der Waals surface area contributed by atoms with Gasteiger partial charge in [0.25, 0.3) is 8.32 Å². The van der Waals surface area contributed by atoms with Crippen LogP contribution in [-0.4, -0.2) is 102 Å². The minimum Gasteiger partial charge on any atom is -0.414 e. The molecule has 1 fully saturated rings. The summed E-state index contributed by atoms with van der Waals surface area (Å²) in [4.78, 5) is 14.5. The van der Waals surface area contributed by atoms with E-state index in [-0.39, 0.29) is 58.5 Å². The van der Waals surface area contributed by atoms with E-state index in [2.05, 4.69) is 163 Å². The lowest BCUT2D eigenvalue weighted by Gasteiger charge is -2.43. The van der Waals surface area contributed by atoms with E-state index in [1.54, 1.807) is 20.3 Å². The molecule has 0 amide bonds. The molecule has 0 aliphatic carbocycles. The second-order valence-corrected chi connectivity index (χ2v) is 35.2. The molecular weight excluding hydrogens is 817 g/mol. The maximum atomic E-state index is 14.5. The van der Waals surface area contributed by atoms with Gasteiger partial charge in [-0.25, -0.2) is 0 Å². The summed E-state index contributed by atoms with van der Waals surface area (Å²) in [6.45, 7) is 36.7. The average molecular weight is 901 g/mol. The minimum atomic E-state index is -2.72. The summed E-state index contributed by atoms with van der Waals surface area (Å²) in [6.07, 6.45) is 0.580. The van der Waals surface area contributed by atoms with Crippen LogP contribution in [0.2, 0.25) is 41.3 Å². The molecule has 2 aromatic carbocycles. The molecule has 1 saturated heterocycles. The van der Waals surface area contributed by atoms with E-state index in [4.69, 9.17) is 37.0 Å². The van der Waals surface area contributed by atoms with Crippen molar-refractivity contribution in [3.8, 4) is 0 Å². The molecule has 7 atom stereocenters. The molecule has 2 aromatic rings. The highest BCUT2D eigenvalue weighted by molar-refractivity contribution is 6.99. The molecule has 0 aromatic heterocycles. The van der Waals surface area contributed by atoms with Crippen molar-refractivity contribution in [2.24, 2.45) is 11.8 Å². The summed E-state index contributed by atoms with van der Waals surface area (Å²) >= 11 is 0. The lowest BCUT2D eigenvalue weighted by atomic mass is 9.92. The summed E-state index contributed by atoms with van der Waals surface area (Å²) in [6, 6.07) is 21.4. The average Bonchev–Trinajstić information content (AvgIpc) is 3.54. The van der Waals surface area contributed by atoms with Crippen LogP contribution in [0.25, 0.3) is 0 Å². The monoisotopic (exact) mass is 901 g/mol. The third-order valence-corrected chi connectivity index (χ3v) is 27.8. The molecule has 346 valence electrons. The van der Waals surface area contributed by atoms with Crippen molar-refractivity contribution < 1.29 is 41.8 Å². The molecule has 0 radical (unpaired) electrons. The Morgan fingerprint density at radius 1 is 0.770 bits per heavy atom. The Hall–Kier alpha value is -1.82. The second-order valence-electron chi connectivity index (χ2n) is 21.3. The molecule has 0 saturated carbocycles. The highest BCUT2D eigenvalue weighted by atomic mass is 28.4. The van der Waals surface area contributed by atoms with Gasteiger partial charge >= 0.3 is 0 Å². The summed E-state index contributed by atoms with van der Waals surface area (Å²) in [5, 5.41) is 2.41. The van der Waals surface area contributed by atoms with Crippen LogP contribution in [0.3, 0.4) is 0 Å². The van der Waals surface area contributed by atoms with E-state index in [1.807, 2.05) is 6.92 Å². The summed E-state index contributed by atoms with van der Waals surface area (Å²) < 4.78 is 51.3. The van der Waals surface area contributed by atoms with Crippen molar-refractivity contribution in [1.29, 1.82) is 0 Å². The van der Waals surface area contributed by atoms with Crippen molar-refractivity contribution in [3.05, 3.63) is 72.3 Å². The smallest absolute Gasteiger partial charge is 0.261 e. The van der Waals surface area contributed by atoms with Crippen molar-refractivity contribution in [1.82, 2.24) is 0 Å². The van der Waals surface area contributed by atoms with Gasteiger partial charge in [0, 0.05) is 26.7 Å². The van der Waals surface area contributed by atoms with Crippen molar-refractivity contribution in [2.75, 3.05) is 41.0 Å². The van der Waals surface area contributed by atoms with Gasteiger partial charge in [-0.2, -0.15) is 0 Å². The van der Waals surface area contributed by atoms with E-state index in [0.717, 1.165) is 5.57 Å². The van der Waals surface area contributed by atoms with Crippen molar-refractivity contribution >= 4 is 41.1 Å². The number of methoxy groups -OCH3 is 2. The fourth-order valence-corrected chi connectivity index (χ4v) is 14.7. The molecule has 3 rings (SSSR count). The fraction of sp³-hybridized carbons (Fsp3) is 0.694.